The standard InChI is InChI=1S/C11H22N2O3Si/c1-10-9-11(2)13(12-10)7-6-8-17(14-3,15-4)16-5/h9H,6-8H2,1-5H3. The Kier molecular flexibility index (Phi) is 5.32. The highest BCUT2D eigenvalue weighted by Crippen LogP contribution is 2.16. The van der Waals surface area contributed by atoms with E-state index in [1.54, 1.807) is 21.3 Å². The van der Waals surface area contributed by atoms with Crippen LogP contribution in [0, 0.1) is 13.8 Å². The zero-order valence-corrected chi connectivity index (χ0v) is 12.3. The molecule has 17 heavy (non-hydrogen) atoms. The maximum atomic E-state index is 5.37. The molecule has 0 aliphatic heterocycles. The Morgan fingerprint density at radius 1 is 1.18 bits per heavy atom. The number of hydrogen-bond donors (Lipinski definition) is 0. The number of aromatic nitrogens is 2. The smallest absolute Gasteiger partial charge is 0.377 e. The van der Waals surface area contributed by atoms with Crippen LogP contribution < -0.4 is 0 Å². The van der Waals surface area contributed by atoms with E-state index >= 15 is 0 Å². The van der Waals surface area contributed by atoms with Crippen LogP contribution in [-0.2, 0) is 19.8 Å². The van der Waals surface area contributed by atoms with E-state index in [9.17, 15) is 0 Å². The fourth-order valence-corrected chi connectivity index (χ4v) is 3.61. The summed E-state index contributed by atoms with van der Waals surface area (Å²) in [6.45, 7) is 4.93. The SMILES string of the molecule is CO[Si](CCCn1nc(C)cc1C)(OC)OC. The fourth-order valence-electron chi connectivity index (χ4n) is 1.90. The lowest BCUT2D eigenvalue weighted by molar-refractivity contribution is 0.122. The molecule has 0 saturated heterocycles. The summed E-state index contributed by atoms with van der Waals surface area (Å²) in [5.74, 6) is 0. The van der Waals surface area contributed by atoms with Crippen LogP contribution in [-0.4, -0.2) is 39.9 Å². The van der Waals surface area contributed by atoms with Gasteiger partial charge in [0.2, 0.25) is 0 Å². The molecule has 1 rings (SSSR count). The lowest BCUT2D eigenvalue weighted by Gasteiger charge is -2.24. The first-order chi connectivity index (χ1) is 8.06. The second kappa shape index (κ2) is 6.30. The zero-order valence-electron chi connectivity index (χ0n) is 11.3. The molecule has 0 aliphatic rings. The third kappa shape index (κ3) is 3.63. The van der Waals surface area contributed by atoms with Crippen LogP contribution in [0.5, 0.6) is 0 Å². The molecule has 98 valence electrons. The highest BCUT2D eigenvalue weighted by atomic mass is 28.4. The Labute approximate surface area is 104 Å². The zero-order chi connectivity index (χ0) is 12.9. The maximum absolute atomic E-state index is 5.37. The normalized spacial score (nSPS) is 12.1. The Hall–Kier alpha value is -0.693. The Morgan fingerprint density at radius 2 is 1.76 bits per heavy atom. The monoisotopic (exact) mass is 258 g/mol. The molecule has 1 heterocycles. The van der Waals surface area contributed by atoms with Crippen LogP contribution in [0.3, 0.4) is 0 Å². The van der Waals surface area contributed by atoms with Crippen molar-refractivity contribution in [1.82, 2.24) is 9.78 Å². The van der Waals surface area contributed by atoms with E-state index in [-0.39, 0.29) is 0 Å². The molecule has 0 radical (unpaired) electrons. The van der Waals surface area contributed by atoms with E-state index < -0.39 is 8.80 Å². The molecule has 0 aliphatic carbocycles. The first kappa shape index (κ1) is 14.4. The molecule has 0 aromatic carbocycles. The van der Waals surface area contributed by atoms with Crippen molar-refractivity contribution in [2.24, 2.45) is 0 Å². The minimum atomic E-state index is -2.42. The summed E-state index contributed by atoms with van der Waals surface area (Å²) >= 11 is 0. The molecule has 0 saturated carbocycles. The minimum Gasteiger partial charge on any atom is -0.377 e. The second-order valence-electron chi connectivity index (χ2n) is 4.05. The molecular formula is C11H22N2O3Si. The molecule has 0 spiro atoms. The summed E-state index contributed by atoms with van der Waals surface area (Å²) in [6.07, 6.45) is 0.934. The Balaban J connectivity index is 2.49. The molecule has 0 unspecified atom stereocenters. The Bertz CT molecular complexity index is 342. The van der Waals surface area contributed by atoms with Crippen LogP contribution in [0.4, 0.5) is 0 Å². The average molecular weight is 258 g/mol. The van der Waals surface area contributed by atoms with Crippen molar-refractivity contribution in [3.05, 3.63) is 17.5 Å². The van der Waals surface area contributed by atoms with Crippen LogP contribution in [0.25, 0.3) is 0 Å². The van der Waals surface area contributed by atoms with E-state index in [4.69, 9.17) is 13.3 Å². The van der Waals surface area contributed by atoms with Gasteiger partial charge in [0.1, 0.15) is 0 Å². The summed E-state index contributed by atoms with van der Waals surface area (Å²) in [4.78, 5) is 0. The van der Waals surface area contributed by atoms with E-state index in [2.05, 4.69) is 18.1 Å². The van der Waals surface area contributed by atoms with Gasteiger partial charge in [-0.15, -0.1) is 0 Å². The third-order valence-electron chi connectivity index (χ3n) is 2.89. The van der Waals surface area contributed by atoms with Gasteiger partial charge in [0.15, 0.2) is 0 Å². The third-order valence-corrected chi connectivity index (χ3v) is 5.72. The largest absolute Gasteiger partial charge is 0.500 e. The maximum Gasteiger partial charge on any atom is 0.500 e. The van der Waals surface area contributed by atoms with E-state index in [0.717, 1.165) is 24.7 Å². The average Bonchev–Trinajstić information content (AvgIpc) is 2.64. The van der Waals surface area contributed by atoms with Crippen molar-refractivity contribution in [2.75, 3.05) is 21.3 Å². The van der Waals surface area contributed by atoms with Crippen molar-refractivity contribution < 1.29 is 13.3 Å². The quantitative estimate of drug-likeness (QED) is 0.699. The topological polar surface area (TPSA) is 45.5 Å². The summed E-state index contributed by atoms with van der Waals surface area (Å²) in [7, 11) is 2.50. The molecule has 0 atom stereocenters. The van der Waals surface area contributed by atoms with Gasteiger partial charge in [0.25, 0.3) is 0 Å². The van der Waals surface area contributed by atoms with Crippen molar-refractivity contribution in [1.29, 1.82) is 0 Å². The number of nitrogens with zero attached hydrogens (tertiary/aromatic N) is 2. The van der Waals surface area contributed by atoms with E-state index in [1.807, 2.05) is 11.6 Å². The molecular weight excluding hydrogens is 236 g/mol. The highest BCUT2D eigenvalue weighted by molar-refractivity contribution is 6.60. The van der Waals surface area contributed by atoms with Crippen molar-refractivity contribution in [3.63, 3.8) is 0 Å². The summed E-state index contributed by atoms with van der Waals surface area (Å²) in [6, 6.07) is 2.88. The van der Waals surface area contributed by atoms with Crippen LogP contribution in [0.1, 0.15) is 17.8 Å². The number of hydrogen-bond acceptors (Lipinski definition) is 4. The van der Waals surface area contributed by atoms with Gasteiger partial charge in [-0.3, -0.25) is 4.68 Å². The molecule has 0 fully saturated rings. The molecule has 1 aromatic heterocycles. The van der Waals surface area contributed by atoms with Crippen LogP contribution in [0.15, 0.2) is 6.07 Å². The van der Waals surface area contributed by atoms with Crippen LogP contribution >= 0.6 is 0 Å². The van der Waals surface area contributed by atoms with Crippen LogP contribution in [0.2, 0.25) is 6.04 Å². The van der Waals surface area contributed by atoms with Gasteiger partial charge in [0.05, 0.1) is 5.69 Å². The molecule has 6 heteroatoms. The van der Waals surface area contributed by atoms with Gasteiger partial charge >= 0.3 is 8.80 Å². The van der Waals surface area contributed by atoms with Gasteiger partial charge in [0, 0.05) is 39.6 Å². The lowest BCUT2D eigenvalue weighted by Crippen LogP contribution is -2.42. The molecule has 0 N–H and O–H groups in total. The minimum absolute atomic E-state index is 0.800. The van der Waals surface area contributed by atoms with Gasteiger partial charge in [-0.05, 0) is 26.3 Å². The van der Waals surface area contributed by atoms with Gasteiger partial charge in [-0.25, -0.2) is 0 Å². The van der Waals surface area contributed by atoms with Crippen molar-refractivity contribution in [2.45, 2.75) is 32.9 Å². The van der Waals surface area contributed by atoms with Crippen molar-refractivity contribution in [3.8, 4) is 0 Å². The lowest BCUT2D eigenvalue weighted by atomic mass is 10.4. The van der Waals surface area contributed by atoms with E-state index in [1.165, 1.54) is 5.69 Å². The second-order valence-corrected chi connectivity index (χ2v) is 7.14. The van der Waals surface area contributed by atoms with Gasteiger partial charge in [-0.2, -0.15) is 5.10 Å². The van der Waals surface area contributed by atoms with Gasteiger partial charge in [-0.1, -0.05) is 0 Å². The van der Waals surface area contributed by atoms with E-state index in [0.29, 0.717) is 0 Å². The predicted molar refractivity (Wildman–Crippen MR) is 67.9 cm³/mol. The summed E-state index contributed by atoms with van der Waals surface area (Å²) in [5.41, 5.74) is 2.23. The predicted octanol–water partition coefficient (Wildman–Crippen LogP) is 1.77. The highest BCUT2D eigenvalue weighted by Gasteiger charge is 2.36. The number of aryl methyl sites for hydroxylation is 3. The summed E-state index contributed by atoms with van der Waals surface area (Å²) < 4.78 is 18.1. The molecule has 1 aromatic rings. The number of rotatable bonds is 7. The summed E-state index contributed by atoms with van der Waals surface area (Å²) in [5, 5.41) is 4.42. The molecule has 0 amide bonds. The molecule has 0 bridgehead atoms. The fraction of sp³-hybridized carbons (Fsp3) is 0.727. The van der Waals surface area contributed by atoms with Crippen molar-refractivity contribution >= 4 is 8.80 Å². The van der Waals surface area contributed by atoms with Gasteiger partial charge < -0.3 is 13.3 Å². The first-order valence-electron chi connectivity index (χ1n) is 5.73. The Morgan fingerprint density at radius 3 is 2.18 bits per heavy atom. The molecule has 5 nitrogen and oxygen atoms in total. The first-order valence-corrected chi connectivity index (χ1v) is 7.66.